The van der Waals surface area contributed by atoms with Crippen LogP contribution in [0.1, 0.15) is 17.3 Å². The molecule has 0 fully saturated rings. The fourth-order valence-corrected chi connectivity index (χ4v) is 2.08. The van der Waals surface area contributed by atoms with E-state index in [2.05, 4.69) is 25.9 Å². The summed E-state index contributed by atoms with van der Waals surface area (Å²) in [5.41, 5.74) is 1.78. The van der Waals surface area contributed by atoms with Gasteiger partial charge in [-0.1, -0.05) is 0 Å². The van der Waals surface area contributed by atoms with Crippen molar-refractivity contribution in [1.29, 1.82) is 0 Å². The Morgan fingerprint density at radius 1 is 1.23 bits per heavy atom. The van der Waals surface area contributed by atoms with Crippen molar-refractivity contribution < 1.29 is 9.34 Å². The van der Waals surface area contributed by atoms with Crippen LogP contribution >= 0.6 is 24.0 Å². The first-order chi connectivity index (χ1) is 12.0. The second kappa shape index (κ2) is 10.6. The third-order valence-corrected chi connectivity index (χ3v) is 3.53. The van der Waals surface area contributed by atoms with Crippen molar-refractivity contribution in [3.8, 4) is 0 Å². The zero-order valence-electron chi connectivity index (χ0n) is 14.9. The Labute approximate surface area is 168 Å². The predicted octanol–water partition coefficient (Wildman–Crippen LogP) is 2.59. The number of aliphatic imine (C=N–C) groups is 1. The molecule has 1 aromatic carbocycles. The van der Waals surface area contributed by atoms with E-state index in [0.29, 0.717) is 31.5 Å². The minimum absolute atomic E-state index is 0. The maximum atomic E-state index is 10.6. The number of halogens is 1. The molecule has 0 aliphatic rings. The van der Waals surface area contributed by atoms with Gasteiger partial charge in [-0.15, -0.1) is 24.0 Å². The largest absolute Gasteiger partial charge is 0.444 e. The molecule has 9 nitrogen and oxygen atoms in total. The van der Waals surface area contributed by atoms with E-state index in [1.807, 2.05) is 13.8 Å². The number of rotatable bonds is 7. The van der Waals surface area contributed by atoms with Gasteiger partial charge in [-0.05, 0) is 26.0 Å². The molecular formula is C16H23IN6O3. The molecule has 0 aliphatic carbocycles. The van der Waals surface area contributed by atoms with Crippen LogP contribution in [0.25, 0.3) is 0 Å². The van der Waals surface area contributed by atoms with Gasteiger partial charge in [0.15, 0.2) is 5.96 Å². The maximum Gasteiger partial charge on any atom is 0.269 e. The molecule has 2 rings (SSSR count). The summed E-state index contributed by atoms with van der Waals surface area (Å²) < 4.78 is 5.50. The second-order valence-corrected chi connectivity index (χ2v) is 5.33. The Hall–Kier alpha value is -2.37. The number of nitro benzene ring substituents is 1. The Morgan fingerprint density at radius 2 is 1.92 bits per heavy atom. The summed E-state index contributed by atoms with van der Waals surface area (Å²) >= 11 is 0. The van der Waals surface area contributed by atoms with E-state index in [0.717, 1.165) is 17.1 Å². The lowest BCUT2D eigenvalue weighted by Gasteiger charge is -2.11. The molecule has 142 valence electrons. The number of guanidine groups is 1. The molecule has 0 aliphatic heterocycles. The normalized spacial score (nSPS) is 10.8. The summed E-state index contributed by atoms with van der Waals surface area (Å²) in [6.07, 6.45) is 0. The van der Waals surface area contributed by atoms with Crippen LogP contribution in [0.4, 0.5) is 11.4 Å². The quantitative estimate of drug-likeness (QED) is 0.141. The van der Waals surface area contributed by atoms with E-state index in [1.165, 1.54) is 12.1 Å². The van der Waals surface area contributed by atoms with Gasteiger partial charge in [-0.25, -0.2) is 4.98 Å². The van der Waals surface area contributed by atoms with Crippen LogP contribution in [0.3, 0.4) is 0 Å². The van der Waals surface area contributed by atoms with E-state index in [-0.39, 0.29) is 29.7 Å². The highest BCUT2D eigenvalue weighted by Gasteiger charge is 2.06. The molecule has 1 aromatic heterocycles. The van der Waals surface area contributed by atoms with Crippen LogP contribution in [0, 0.1) is 24.0 Å². The zero-order valence-corrected chi connectivity index (χ0v) is 17.2. The number of oxazole rings is 1. The fourth-order valence-electron chi connectivity index (χ4n) is 2.08. The summed E-state index contributed by atoms with van der Waals surface area (Å²) in [4.78, 5) is 18.6. The zero-order chi connectivity index (χ0) is 18.2. The molecule has 10 heteroatoms. The number of anilines is 1. The van der Waals surface area contributed by atoms with E-state index in [1.54, 1.807) is 19.2 Å². The molecule has 0 bridgehead atoms. The minimum atomic E-state index is -0.419. The highest BCUT2D eigenvalue weighted by Crippen LogP contribution is 2.14. The predicted molar refractivity (Wildman–Crippen MR) is 111 cm³/mol. The van der Waals surface area contributed by atoms with Crippen LogP contribution in [-0.2, 0) is 6.54 Å². The maximum absolute atomic E-state index is 10.6. The molecule has 0 saturated heterocycles. The Bertz CT molecular complexity index is 725. The Kier molecular flexibility index (Phi) is 8.82. The Balaban J connectivity index is 0.00000338. The molecule has 0 saturated carbocycles. The lowest BCUT2D eigenvalue weighted by atomic mass is 10.3. The van der Waals surface area contributed by atoms with Crippen molar-refractivity contribution in [1.82, 2.24) is 15.6 Å². The number of nitrogens with one attached hydrogen (secondary N) is 3. The minimum Gasteiger partial charge on any atom is -0.444 e. The molecule has 0 amide bonds. The second-order valence-electron chi connectivity index (χ2n) is 5.33. The number of non-ortho nitro benzene ring substituents is 1. The lowest BCUT2D eigenvalue weighted by molar-refractivity contribution is -0.384. The standard InChI is InChI=1S/C16H22N6O3.HI/c1-11-12(2)25-15(21-11)10-20-16(17-3)19-9-8-18-13-4-6-14(7-5-13)22(23)24;/h4-7,18H,8-10H2,1-3H3,(H2,17,19,20);1H. The van der Waals surface area contributed by atoms with Crippen molar-refractivity contribution >= 4 is 41.3 Å². The monoisotopic (exact) mass is 474 g/mol. The average molecular weight is 474 g/mol. The molecular weight excluding hydrogens is 451 g/mol. The van der Waals surface area contributed by atoms with E-state index < -0.39 is 4.92 Å². The molecule has 0 spiro atoms. The topological polar surface area (TPSA) is 118 Å². The lowest BCUT2D eigenvalue weighted by Crippen LogP contribution is -2.39. The summed E-state index contributed by atoms with van der Waals surface area (Å²) in [5, 5.41) is 20.1. The van der Waals surface area contributed by atoms with Crippen molar-refractivity contribution in [3.05, 3.63) is 51.7 Å². The molecule has 0 atom stereocenters. The third kappa shape index (κ3) is 6.50. The van der Waals surface area contributed by atoms with Crippen molar-refractivity contribution in [2.45, 2.75) is 20.4 Å². The van der Waals surface area contributed by atoms with E-state index in [9.17, 15) is 10.1 Å². The van der Waals surface area contributed by atoms with Crippen molar-refractivity contribution in [2.75, 3.05) is 25.5 Å². The summed E-state index contributed by atoms with van der Waals surface area (Å²) in [6.45, 7) is 5.49. The van der Waals surface area contributed by atoms with Gasteiger partial charge >= 0.3 is 0 Å². The smallest absolute Gasteiger partial charge is 0.269 e. The van der Waals surface area contributed by atoms with Crippen molar-refractivity contribution in [2.24, 2.45) is 4.99 Å². The van der Waals surface area contributed by atoms with Gasteiger partial charge in [-0.2, -0.15) is 0 Å². The molecule has 2 aromatic rings. The van der Waals surface area contributed by atoms with Gasteiger partial charge in [0.1, 0.15) is 5.76 Å². The number of benzene rings is 1. The van der Waals surface area contributed by atoms with Gasteiger partial charge in [0, 0.05) is 38.0 Å². The first-order valence-electron chi connectivity index (χ1n) is 7.85. The summed E-state index contributed by atoms with van der Waals surface area (Å²) in [7, 11) is 1.69. The average Bonchev–Trinajstić information content (AvgIpc) is 2.92. The number of hydrogen-bond donors (Lipinski definition) is 3. The molecule has 1 heterocycles. The number of nitro groups is 1. The summed E-state index contributed by atoms with van der Waals surface area (Å²) in [6, 6.07) is 6.30. The first-order valence-corrected chi connectivity index (χ1v) is 7.85. The van der Waals surface area contributed by atoms with Crippen LogP contribution < -0.4 is 16.0 Å². The fraction of sp³-hybridized carbons (Fsp3) is 0.375. The highest BCUT2D eigenvalue weighted by atomic mass is 127. The first kappa shape index (κ1) is 21.7. The van der Waals surface area contributed by atoms with E-state index in [4.69, 9.17) is 4.42 Å². The molecule has 0 radical (unpaired) electrons. The van der Waals surface area contributed by atoms with E-state index >= 15 is 0 Å². The van der Waals surface area contributed by atoms with Gasteiger partial charge in [0.2, 0.25) is 5.89 Å². The molecule has 3 N–H and O–H groups in total. The highest BCUT2D eigenvalue weighted by molar-refractivity contribution is 14.0. The number of aryl methyl sites for hydroxylation is 2. The van der Waals surface area contributed by atoms with Crippen LogP contribution in [0.2, 0.25) is 0 Å². The van der Waals surface area contributed by atoms with Gasteiger partial charge in [0.25, 0.3) is 5.69 Å². The van der Waals surface area contributed by atoms with Gasteiger partial charge in [0.05, 0.1) is 17.2 Å². The SMILES string of the molecule is CN=C(NCCNc1ccc([N+](=O)[O-])cc1)NCc1nc(C)c(C)o1.I. The number of aromatic nitrogens is 1. The number of hydrogen-bond acceptors (Lipinski definition) is 6. The van der Waals surface area contributed by atoms with Crippen LogP contribution in [0.5, 0.6) is 0 Å². The summed E-state index contributed by atoms with van der Waals surface area (Å²) in [5.74, 6) is 2.06. The molecule has 26 heavy (non-hydrogen) atoms. The van der Waals surface area contributed by atoms with Gasteiger partial charge in [-0.3, -0.25) is 15.1 Å². The van der Waals surface area contributed by atoms with Crippen LogP contribution in [0.15, 0.2) is 33.7 Å². The number of nitrogens with zero attached hydrogens (tertiary/aromatic N) is 3. The third-order valence-electron chi connectivity index (χ3n) is 3.53. The molecule has 0 unspecified atom stereocenters. The van der Waals surface area contributed by atoms with Gasteiger partial charge < -0.3 is 20.4 Å². The van der Waals surface area contributed by atoms with Crippen LogP contribution in [-0.4, -0.2) is 36.0 Å². The Morgan fingerprint density at radius 3 is 2.46 bits per heavy atom. The van der Waals surface area contributed by atoms with Crippen molar-refractivity contribution in [3.63, 3.8) is 0 Å².